The van der Waals surface area contributed by atoms with Crippen molar-refractivity contribution < 1.29 is 9.59 Å². The lowest BCUT2D eigenvalue weighted by Crippen LogP contribution is -2.39. The highest BCUT2D eigenvalue weighted by Crippen LogP contribution is 2.33. The molecule has 170 valence electrons. The molecule has 6 nitrogen and oxygen atoms in total. The summed E-state index contributed by atoms with van der Waals surface area (Å²) in [6, 6.07) is 7.56. The number of carbonyl (C=O) groups is 2. The molecular formula is C22H36Cl2N4O2. The van der Waals surface area contributed by atoms with Crippen molar-refractivity contribution >= 4 is 42.3 Å². The van der Waals surface area contributed by atoms with Gasteiger partial charge in [0, 0.05) is 30.4 Å². The van der Waals surface area contributed by atoms with Gasteiger partial charge in [-0.05, 0) is 56.5 Å². The van der Waals surface area contributed by atoms with Crippen molar-refractivity contribution in [3.8, 4) is 0 Å². The molecule has 0 aromatic heterocycles. The van der Waals surface area contributed by atoms with Crippen molar-refractivity contribution in [2.45, 2.75) is 58.0 Å². The normalized spacial score (nSPS) is 22.4. The van der Waals surface area contributed by atoms with Crippen molar-refractivity contribution in [1.29, 1.82) is 0 Å². The first-order valence-corrected chi connectivity index (χ1v) is 10.8. The lowest BCUT2D eigenvalue weighted by molar-refractivity contribution is -0.117. The van der Waals surface area contributed by atoms with E-state index in [9.17, 15) is 9.59 Å². The van der Waals surface area contributed by atoms with Gasteiger partial charge in [-0.2, -0.15) is 0 Å². The number of carbonyl (C=O) groups excluding carboxylic acids is 2. The summed E-state index contributed by atoms with van der Waals surface area (Å²) in [6.07, 6.45) is 5.86. The third-order valence-electron chi connectivity index (χ3n) is 6.18. The van der Waals surface area contributed by atoms with E-state index in [1.54, 1.807) is 12.1 Å². The SMILES string of the molecule is CCN(CC)CCNC(=O)c1cccc(NC(=O)C2CC3CCCCC3N2)c1.Cl.Cl. The number of nitrogens with zero attached hydrogens (tertiary/aromatic N) is 1. The Morgan fingerprint density at radius 3 is 2.57 bits per heavy atom. The third-order valence-corrected chi connectivity index (χ3v) is 6.18. The zero-order chi connectivity index (χ0) is 19.9. The molecule has 0 bridgehead atoms. The quantitative estimate of drug-likeness (QED) is 0.557. The lowest BCUT2D eigenvalue weighted by Gasteiger charge is -2.24. The summed E-state index contributed by atoms with van der Waals surface area (Å²) in [4.78, 5) is 27.4. The number of rotatable bonds is 8. The van der Waals surface area contributed by atoms with Crippen molar-refractivity contribution in [2.24, 2.45) is 5.92 Å². The van der Waals surface area contributed by atoms with Crippen LogP contribution in [0, 0.1) is 5.92 Å². The number of amides is 2. The van der Waals surface area contributed by atoms with Crippen LogP contribution >= 0.6 is 24.8 Å². The molecule has 0 radical (unpaired) electrons. The Hall–Kier alpha value is -1.34. The number of fused-ring (bicyclic) bond motifs is 1. The topological polar surface area (TPSA) is 73.5 Å². The number of benzene rings is 1. The van der Waals surface area contributed by atoms with Crippen LogP contribution in [0.4, 0.5) is 5.69 Å². The molecule has 1 aliphatic carbocycles. The first-order chi connectivity index (χ1) is 13.6. The fraction of sp³-hybridized carbons (Fsp3) is 0.636. The summed E-state index contributed by atoms with van der Waals surface area (Å²) >= 11 is 0. The highest BCUT2D eigenvalue weighted by molar-refractivity contribution is 5.98. The maximum Gasteiger partial charge on any atom is 0.251 e. The second-order valence-electron chi connectivity index (χ2n) is 7.96. The summed E-state index contributed by atoms with van der Waals surface area (Å²) in [6.45, 7) is 7.64. The number of anilines is 1. The summed E-state index contributed by atoms with van der Waals surface area (Å²) in [7, 11) is 0. The fourth-order valence-corrected chi connectivity index (χ4v) is 4.46. The molecule has 30 heavy (non-hydrogen) atoms. The van der Waals surface area contributed by atoms with E-state index in [0.717, 1.165) is 26.1 Å². The Bertz CT molecular complexity index is 671. The van der Waals surface area contributed by atoms with E-state index in [0.29, 0.717) is 29.8 Å². The van der Waals surface area contributed by atoms with Crippen molar-refractivity contribution in [3.63, 3.8) is 0 Å². The highest BCUT2D eigenvalue weighted by atomic mass is 35.5. The minimum absolute atomic E-state index is 0. The van der Waals surface area contributed by atoms with E-state index in [2.05, 4.69) is 34.7 Å². The van der Waals surface area contributed by atoms with Crippen LogP contribution in [0.5, 0.6) is 0 Å². The first-order valence-electron chi connectivity index (χ1n) is 10.8. The molecule has 1 saturated carbocycles. The first kappa shape index (κ1) is 26.7. The maximum absolute atomic E-state index is 12.7. The summed E-state index contributed by atoms with van der Waals surface area (Å²) in [5.74, 6) is 0.536. The van der Waals surface area contributed by atoms with E-state index in [-0.39, 0.29) is 42.7 Å². The van der Waals surface area contributed by atoms with Gasteiger partial charge in [0.2, 0.25) is 5.91 Å². The van der Waals surface area contributed by atoms with Crippen LogP contribution in [-0.4, -0.2) is 55.0 Å². The smallest absolute Gasteiger partial charge is 0.251 e. The molecule has 1 heterocycles. The van der Waals surface area contributed by atoms with Crippen molar-refractivity contribution in [3.05, 3.63) is 29.8 Å². The van der Waals surface area contributed by atoms with Gasteiger partial charge in [0.25, 0.3) is 5.91 Å². The van der Waals surface area contributed by atoms with Gasteiger partial charge in [0.05, 0.1) is 6.04 Å². The highest BCUT2D eigenvalue weighted by Gasteiger charge is 2.38. The monoisotopic (exact) mass is 458 g/mol. The summed E-state index contributed by atoms with van der Waals surface area (Å²) < 4.78 is 0. The Kier molecular flexibility index (Phi) is 11.7. The Morgan fingerprint density at radius 2 is 1.87 bits per heavy atom. The van der Waals surface area contributed by atoms with E-state index in [1.807, 2.05) is 12.1 Å². The molecule has 3 N–H and O–H groups in total. The second kappa shape index (κ2) is 13.2. The van der Waals surface area contributed by atoms with Gasteiger partial charge < -0.3 is 20.9 Å². The molecule has 8 heteroatoms. The van der Waals surface area contributed by atoms with Crippen LogP contribution in [0.1, 0.15) is 56.3 Å². The molecule has 2 aliphatic rings. The Labute approximate surface area is 192 Å². The Balaban J connectivity index is 0.00000225. The number of hydrogen-bond acceptors (Lipinski definition) is 4. The summed E-state index contributed by atoms with van der Waals surface area (Å²) in [5, 5.41) is 9.46. The molecule has 1 aliphatic heterocycles. The molecule has 1 aromatic rings. The van der Waals surface area contributed by atoms with E-state index in [1.165, 1.54) is 25.7 Å². The largest absolute Gasteiger partial charge is 0.351 e. The second-order valence-corrected chi connectivity index (χ2v) is 7.96. The molecule has 1 aromatic carbocycles. The predicted molar refractivity (Wildman–Crippen MR) is 127 cm³/mol. The van der Waals surface area contributed by atoms with Crippen LogP contribution < -0.4 is 16.0 Å². The summed E-state index contributed by atoms with van der Waals surface area (Å²) in [5.41, 5.74) is 1.25. The number of halogens is 2. The molecule has 3 atom stereocenters. The van der Waals surface area contributed by atoms with Crippen molar-refractivity contribution in [2.75, 3.05) is 31.5 Å². The van der Waals surface area contributed by atoms with Crippen LogP contribution in [0.2, 0.25) is 0 Å². The minimum Gasteiger partial charge on any atom is -0.351 e. The number of hydrogen-bond donors (Lipinski definition) is 3. The van der Waals surface area contributed by atoms with Gasteiger partial charge in [-0.3, -0.25) is 9.59 Å². The molecule has 0 spiro atoms. The van der Waals surface area contributed by atoms with Gasteiger partial charge >= 0.3 is 0 Å². The molecule has 3 rings (SSSR count). The molecule has 2 amide bonds. The standard InChI is InChI=1S/C22H34N4O2.2ClH/c1-3-26(4-2)13-12-23-21(27)17-9-7-10-18(14-17)24-22(28)20-15-16-8-5-6-11-19(16)25-20;;/h7,9-10,14,16,19-20,25H,3-6,8,11-13,15H2,1-2H3,(H,23,27)(H,24,28);2*1H. The average Bonchev–Trinajstić information content (AvgIpc) is 3.16. The van der Waals surface area contributed by atoms with Gasteiger partial charge in [-0.1, -0.05) is 32.8 Å². The van der Waals surface area contributed by atoms with E-state index < -0.39 is 0 Å². The number of nitrogens with one attached hydrogen (secondary N) is 3. The maximum atomic E-state index is 12.7. The van der Waals surface area contributed by atoms with Crippen LogP contribution in [0.15, 0.2) is 24.3 Å². The van der Waals surface area contributed by atoms with Gasteiger partial charge in [-0.15, -0.1) is 24.8 Å². The third kappa shape index (κ3) is 7.12. The average molecular weight is 459 g/mol. The lowest BCUT2D eigenvalue weighted by atomic mass is 9.85. The molecule has 2 fully saturated rings. The Morgan fingerprint density at radius 1 is 1.13 bits per heavy atom. The van der Waals surface area contributed by atoms with Crippen molar-refractivity contribution in [1.82, 2.24) is 15.5 Å². The van der Waals surface area contributed by atoms with Crippen LogP contribution in [-0.2, 0) is 4.79 Å². The zero-order valence-corrected chi connectivity index (χ0v) is 19.6. The van der Waals surface area contributed by atoms with Gasteiger partial charge in [-0.25, -0.2) is 0 Å². The fourth-order valence-electron chi connectivity index (χ4n) is 4.46. The van der Waals surface area contributed by atoms with Crippen LogP contribution in [0.25, 0.3) is 0 Å². The van der Waals surface area contributed by atoms with E-state index in [4.69, 9.17) is 0 Å². The van der Waals surface area contributed by atoms with Gasteiger partial charge in [0.15, 0.2) is 0 Å². The minimum atomic E-state index is -0.125. The number of likely N-dealkylation sites (N-methyl/N-ethyl adjacent to an activating group) is 1. The zero-order valence-electron chi connectivity index (χ0n) is 18.0. The molecular weight excluding hydrogens is 423 g/mol. The predicted octanol–water partition coefficient (Wildman–Crippen LogP) is 3.46. The molecule has 1 saturated heterocycles. The van der Waals surface area contributed by atoms with Gasteiger partial charge in [0.1, 0.15) is 0 Å². The van der Waals surface area contributed by atoms with E-state index >= 15 is 0 Å². The molecule has 3 unspecified atom stereocenters. The van der Waals surface area contributed by atoms with Crippen LogP contribution in [0.3, 0.4) is 0 Å².